The summed E-state index contributed by atoms with van der Waals surface area (Å²) in [6.45, 7) is 2.77. The highest BCUT2D eigenvalue weighted by Gasteiger charge is 2.59. The van der Waals surface area contributed by atoms with Gasteiger partial charge in [-0.25, -0.2) is 9.37 Å². The third kappa shape index (κ3) is 2.25. The maximum absolute atomic E-state index is 15.4. The maximum atomic E-state index is 15.4. The van der Waals surface area contributed by atoms with Gasteiger partial charge in [-0.05, 0) is 13.8 Å². The summed E-state index contributed by atoms with van der Waals surface area (Å²) < 4.78 is 22.0. The number of H-pyrrole nitrogens is 1. The first-order chi connectivity index (χ1) is 11.3. The number of aromatic amines is 1. The monoisotopic (exact) mass is 337 g/mol. The van der Waals surface area contributed by atoms with Gasteiger partial charge < -0.3 is 20.7 Å². The molecule has 5 N–H and O–H groups in total. The Bertz CT molecular complexity index is 898. The molecular weight excluding hydrogens is 321 g/mol. The largest absolute Gasteiger partial charge is 0.391 e. The van der Waals surface area contributed by atoms with Crippen LogP contribution in [0.5, 0.6) is 0 Å². The molecule has 1 unspecified atom stereocenters. The molecule has 2 aromatic heterocycles. The molecule has 9 nitrogen and oxygen atoms in total. The summed E-state index contributed by atoms with van der Waals surface area (Å²) in [5.41, 5.74) is 2.33. The normalized spacial score (nSPS) is 31.0. The standard InChI is InChI=1S/C14H16FN5O4/c1-3-4-14(15)9(22)8(6(2)21)24-12(14)20-5-17-7-10(20)18-13(16)19-11(7)23/h5-6,8-9,12,21-22H,1-2H3,(H3,16,18,19,23)/t6-,8-,9?,12-,14-/m1/s1. The van der Waals surface area contributed by atoms with Crippen LogP contribution in [0.15, 0.2) is 11.1 Å². The van der Waals surface area contributed by atoms with Crippen molar-refractivity contribution in [3.8, 4) is 11.8 Å². The van der Waals surface area contributed by atoms with Crippen LogP contribution in [-0.4, -0.2) is 53.7 Å². The van der Waals surface area contributed by atoms with Crippen molar-refractivity contribution in [1.29, 1.82) is 0 Å². The number of hydrogen-bond donors (Lipinski definition) is 4. The number of nitrogens with one attached hydrogen (secondary N) is 1. The molecule has 3 rings (SSSR count). The zero-order chi connectivity index (χ0) is 17.6. The molecule has 0 radical (unpaired) electrons. The molecule has 1 aliphatic heterocycles. The average molecular weight is 337 g/mol. The number of aliphatic hydroxyl groups excluding tert-OH is 2. The Kier molecular flexibility index (Phi) is 3.79. The number of halogens is 1. The molecule has 1 fully saturated rings. The Morgan fingerprint density at radius 1 is 1.62 bits per heavy atom. The molecule has 0 saturated carbocycles. The average Bonchev–Trinajstić information content (AvgIpc) is 3.00. The van der Waals surface area contributed by atoms with Gasteiger partial charge in [0.2, 0.25) is 11.6 Å². The minimum Gasteiger partial charge on any atom is -0.391 e. The van der Waals surface area contributed by atoms with Crippen molar-refractivity contribution in [1.82, 2.24) is 19.5 Å². The van der Waals surface area contributed by atoms with Crippen molar-refractivity contribution in [2.45, 2.75) is 44.1 Å². The number of nitrogen functional groups attached to an aromatic ring is 1. The summed E-state index contributed by atoms with van der Waals surface area (Å²) in [6.07, 6.45) is -4.36. The number of aromatic nitrogens is 4. The summed E-state index contributed by atoms with van der Waals surface area (Å²) in [7, 11) is 0. The molecule has 1 saturated heterocycles. The lowest BCUT2D eigenvalue weighted by atomic mass is 9.94. The Labute approximate surface area is 135 Å². The minimum absolute atomic E-state index is 0.0142. The number of fused-ring (bicyclic) bond motifs is 1. The van der Waals surface area contributed by atoms with Crippen LogP contribution in [0.25, 0.3) is 11.2 Å². The number of nitrogens with two attached hydrogens (primary N) is 1. The zero-order valence-corrected chi connectivity index (χ0v) is 12.9. The second-order valence-corrected chi connectivity index (χ2v) is 5.56. The Morgan fingerprint density at radius 2 is 2.33 bits per heavy atom. The van der Waals surface area contributed by atoms with E-state index in [1.165, 1.54) is 13.8 Å². The van der Waals surface area contributed by atoms with E-state index < -0.39 is 35.8 Å². The summed E-state index contributed by atoms with van der Waals surface area (Å²) in [6, 6.07) is 0. The fraction of sp³-hybridized carbons (Fsp3) is 0.500. The van der Waals surface area contributed by atoms with Crippen LogP contribution >= 0.6 is 0 Å². The molecule has 0 amide bonds. The number of aliphatic hydroxyl groups is 2. The molecule has 128 valence electrons. The summed E-state index contributed by atoms with van der Waals surface area (Å²) in [4.78, 5) is 22.0. The van der Waals surface area contributed by atoms with Gasteiger partial charge >= 0.3 is 0 Å². The number of alkyl halides is 1. The van der Waals surface area contributed by atoms with Crippen LogP contribution in [0.1, 0.15) is 20.1 Å². The highest BCUT2D eigenvalue weighted by Crippen LogP contribution is 2.43. The Balaban J connectivity index is 2.20. The first-order valence-electron chi connectivity index (χ1n) is 7.16. The second-order valence-electron chi connectivity index (χ2n) is 5.56. The van der Waals surface area contributed by atoms with E-state index >= 15 is 4.39 Å². The van der Waals surface area contributed by atoms with Crippen LogP contribution in [0, 0.1) is 11.8 Å². The quantitative estimate of drug-likeness (QED) is 0.519. The van der Waals surface area contributed by atoms with Crippen molar-refractivity contribution >= 4 is 17.1 Å². The molecule has 1 aliphatic rings. The molecule has 0 spiro atoms. The van der Waals surface area contributed by atoms with Crippen molar-refractivity contribution in [3.05, 3.63) is 16.7 Å². The van der Waals surface area contributed by atoms with E-state index in [-0.39, 0.29) is 17.1 Å². The van der Waals surface area contributed by atoms with Gasteiger partial charge in [-0.1, -0.05) is 5.92 Å². The first-order valence-corrected chi connectivity index (χ1v) is 7.16. The van der Waals surface area contributed by atoms with E-state index in [1.807, 2.05) is 0 Å². The summed E-state index contributed by atoms with van der Waals surface area (Å²) in [5, 5.41) is 20.0. The van der Waals surface area contributed by atoms with Crippen molar-refractivity contribution in [2.75, 3.05) is 5.73 Å². The lowest BCUT2D eigenvalue weighted by Crippen LogP contribution is -2.44. The number of imidazole rings is 1. The fourth-order valence-electron chi connectivity index (χ4n) is 2.79. The van der Waals surface area contributed by atoms with Gasteiger partial charge in [0.1, 0.15) is 12.2 Å². The second kappa shape index (κ2) is 5.55. The Morgan fingerprint density at radius 3 is 2.96 bits per heavy atom. The van der Waals surface area contributed by atoms with Crippen LogP contribution in [0.2, 0.25) is 0 Å². The van der Waals surface area contributed by atoms with Crippen molar-refractivity contribution in [3.63, 3.8) is 0 Å². The van der Waals surface area contributed by atoms with Crippen LogP contribution < -0.4 is 11.3 Å². The van der Waals surface area contributed by atoms with Gasteiger partial charge in [0, 0.05) is 0 Å². The predicted octanol–water partition coefficient (Wildman–Crippen LogP) is -0.928. The fourth-order valence-corrected chi connectivity index (χ4v) is 2.79. The highest BCUT2D eigenvalue weighted by molar-refractivity contribution is 5.70. The van der Waals surface area contributed by atoms with Gasteiger partial charge in [0.05, 0.1) is 12.4 Å². The maximum Gasteiger partial charge on any atom is 0.280 e. The number of hydrogen-bond acceptors (Lipinski definition) is 7. The predicted molar refractivity (Wildman–Crippen MR) is 81.4 cm³/mol. The van der Waals surface area contributed by atoms with Crippen LogP contribution in [-0.2, 0) is 4.74 Å². The molecule has 10 heteroatoms. The van der Waals surface area contributed by atoms with Crippen LogP contribution in [0.4, 0.5) is 10.3 Å². The smallest absolute Gasteiger partial charge is 0.280 e. The lowest BCUT2D eigenvalue weighted by Gasteiger charge is -2.23. The van der Waals surface area contributed by atoms with Gasteiger partial charge in [-0.2, -0.15) is 4.98 Å². The van der Waals surface area contributed by atoms with E-state index in [4.69, 9.17) is 10.5 Å². The van der Waals surface area contributed by atoms with Crippen molar-refractivity contribution in [2.24, 2.45) is 0 Å². The summed E-state index contributed by atoms with van der Waals surface area (Å²) in [5.74, 6) is 4.53. The minimum atomic E-state index is -2.52. The first kappa shape index (κ1) is 16.4. The molecule has 0 bridgehead atoms. The highest BCUT2D eigenvalue weighted by atomic mass is 19.1. The van der Waals surface area contributed by atoms with E-state index in [2.05, 4.69) is 26.8 Å². The molecule has 3 heterocycles. The topological polar surface area (TPSA) is 139 Å². The lowest BCUT2D eigenvalue weighted by molar-refractivity contribution is -0.0776. The number of nitrogens with zero attached hydrogens (tertiary/aromatic N) is 3. The zero-order valence-electron chi connectivity index (χ0n) is 12.9. The molecule has 0 aromatic carbocycles. The van der Waals surface area contributed by atoms with E-state index in [1.54, 1.807) is 0 Å². The molecule has 24 heavy (non-hydrogen) atoms. The van der Waals surface area contributed by atoms with E-state index in [0.29, 0.717) is 0 Å². The van der Waals surface area contributed by atoms with Gasteiger partial charge in [-0.3, -0.25) is 14.3 Å². The third-order valence-electron chi connectivity index (χ3n) is 3.88. The third-order valence-corrected chi connectivity index (χ3v) is 3.88. The van der Waals surface area contributed by atoms with Gasteiger partial charge in [0.25, 0.3) is 5.56 Å². The molecule has 0 aliphatic carbocycles. The SMILES string of the molecule is CC#C[C@@]1(F)C(O)[C@@H]([C@@H](C)O)O[C@H]1n1cnc2c(=O)[nH]c(N)nc21. The van der Waals surface area contributed by atoms with E-state index in [9.17, 15) is 15.0 Å². The molecule has 5 atom stereocenters. The van der Waals surface area contributed by atoms with Crippen molar-refractivity contribution < 1.29 is 19.3 Å². The number of anilines is 1. The van der Waals surface area contributed by atoms with Gasteiger partial charge in [0.15, 0.2) is 17.4 Å². The van der Waals surface area contributed by atoms with E-state index in [0.717, 1.165) is 10.9 Å². The number of rotatable bonds is 2. The van der Waals surface area contributed by atoms with Gasteiger partial charge in [-0.15, -0.1) is 5.92 Å². The number of ether oxygens (including phenoxy) is 1. The Hall–Kier alpha value is -2.48. The van der Waals surface area contributed by atoms with Crippen LogP contribution in [0.3, 0.4) is 0 Å². The summed E-state index contributed by atoms with van der Waals surface area (Å²) >= 11 is 0. The molecule has 2 aromatic rings. The molecular formula is C14H16FN5O4.